The molecule has 2 rings (SSSR count). The van der Waals surface area contributed by atoms with Crippen LogP contribution in [0.1, 0.15) is 18.9 Å². The van der Waals surface area contributed by atoms with Gasteiger partial charge in [0.1, 0.15) is 3.74 Å². The van der Waals surface area contributed by atoms with E-state index in [1.807, 2.05) is 43.3 Å². The Bertz CT molecular complexity index is 494. The van der Waals surface area contributed by atoms with Crippen LogP contribution in [-0.2, 0) is 3.74 Å². The SMILES string of the molecule is CCC1=S(O[Cl+3]([O-])([O-])[O-])SC(c2ccccc2)=C1. The van der Waals surface area contributed by atoms with Crippen molar-refractivity contribution in [1.29, 1.82) is 0 Å². The van der Waals surface area contributed by atoms with Crippen LogP contribution < -0.4 is 14.0 Å². The lowest BCUT2D eigenvalue weighted by Crippen LogP contribution is -2.60. The lowest BCUT2D eigenvalue weighted by Gasteiger charge is -2.12. The first-order valence-electron chi connectivity index (χ1n) is 5.16. The second kappa shape index (κ2) is 5.75. The molecular weight excluding hydrogens is 296 g/mol. The Morgan fingerprint density at radius 1 is 1.22 bits per heavy atom. The minimum Gasteiger partial charge on any atom is -0.182 e. The molecule has 18 heavy (non-hydrogen) atoms. The predicted molar refractivity (Wildman–Crippen MR) is 66.0 cm³/mol. The van der Waals surface area contributed by atoms with Gasteiger partial charge in [-0.3, -0.25) is 0 Å². The summed E-state index contributed by atoms with van der Waals surface area (Å²) in [4.78, 5) is 1.75. The molecule has 1 aliphatic heterocycles. The Kier molecular flexibility index (Phi) is 4.50. The Morgan fingerprint density at radius 2 is 1.89 bits per heavy atom. The standard InChI is InChI=1S/C11H11ClO4S2/c1-2-10-8-11(9-6-4-3-5-7-9)17-18(10)16-12(13,14)15/h3-8H,2H2,1H3. The van der Waals surface area contributed by atoms with Crippen LogP contribution in [0.15, 0.2) is 36.4 Å². The highest BCUT2D eigenvalue weighted by atomic mass is 35.7. The average Bonchev–Trinajstić information content (AvgIpc) is 2.71. The van der Waals surface area contributed by atoms with Crippen molar-refractivity contribution in [1.82, 2.24) is 0 Å². The highest BCUT2D eigenvalue weighted by Crippen LogP contribution is 2.50. The van der Waals surface area contributed by atoms with E-state index in [0.717, 1.165) is 15.3 Å². The molecule has 1 unspecified atom stereocenters. The van der Waals surface area contributed by atoms with Gasteiger partial charge in [0, 0.05) is 9.77 Å². The number of benzene rings is 1. The van der Waals surface area contributed by atoms with Gasteiger partial charge in [0.25, 0.3) is 0 Å². The molecule has 0 amide bonds. The van der Waals surface area contributed by atoms with Crippen LogP contribution in [-0.4, -0.2) is 4.86 Å². The van der Waals surface area contributed by atoms with E-state index in [9.17, 15) is 14.0 Å². The van der Waals surface area contributed by atoms with E-state index in [1.54, 1.807) is 0 Å². The molecule has 0 N–H and O–H groups in total. The molecule has 0 aromatic heterocycles. The average molecular weight is 307 g/mol. The molecule has 4 nitrogen and oxygen atoms in total. The van der Waals surface area contributed by atoms with E-state index in [0.29, 0.717) is 6.42 Å². The highest BCUT2D eigenvalue weighted by Gasteiger charge is 2.30. The summed E-state index contributed by atoms with van der Waals surface area (Å²) in [5.41, 5.74) is 0.993. The van der Waals surface area contributed by atoms with Crippen molar-refractivity contribution in [2.45, 2.75) is 13.3 Å². The zero-order valence-electron chi connectivity index (χ0n) is 9.50. The van der Waals surface area contributed by atoms with Crippen molar-refractivity contribution in [3.05, 3.63) is 42.0 Å². The van der Waals surface area contributed by atoms with Crippen molar-refractivity contribution in [3.63, 3.8) is 0 Å². The van der Waals surface area contributed by atoms with E-state index in [4.69, 9.17) is 0 Å². The molecule has 1 heterocycles. The van der Waals surface area contributed by atoms with E-state index in [1.165, 1.54) is 10.8 Å². The molecule has 0 fully saturated rings. The summed E-state index contributed by atoms with van der Waals surface area (Å²) in [7, 11) is -4.16. The van der Waals surface area contributed by atoms with Gasteiger partial charge in [0.05, 0.1) is 10.2 Å². The molecule has 0 saturated carbocycles. The molecule has 1 aliphatic rings. The molecule has 1 aromatic carbocycles. The Balaban J connectivity index is 2.19. The quantitative estimate of drug-likeness (QED) is 0.593. The lowest BCUT2D eigenvalue weighted by molar-refractivity contribution is -1.91. The monoisotopic (exact) mass is 306 g/mol. The third-order valence-electron chi connectivity index (χ3n) is 2.21. The summed E-state index contributed by atoms with van der Waals surface area (Å²) in [6.45, 7) is 1.90. The number of allylic oxidation sites excluding steroid dienone is 1. The van der Waals surface area contributed by atoms with E-state index in [-0.39, 0.29) is 0 Å². The maximum absolute atomic E-state index is 10.6. The maximum Gasteiger partial charge on any atom is 0.175 e. The molecule has 0 saturated heterocycles. The van der Waals surface area contributed by atoms with Gasteiger partial charge >= 0.3 is 0 Å². The predicted octanol–water partition coefficient (Wildman–Crippen LogP) is 0.369. The fourth-order valence-electron chi connectivity index (χ4n) is 1.43. The summed E-state index contributed by atoms with van der Waals surface area (Å²) < 4.78 is 36.5. The lowest BCUT2D eigenvalue weighted by atomic mass is 10.2. The molecule has 1 atom stereocenters. The van der Waals surface area contributed by atoms with E-state index in [2.05, 4.69) is 3.74 Å². The summed E-state index contributed by atoms with van der Waals surface area (Å²) in [5, 5.41) is 0. The minimum absolute atomic E-state index is 0.650. The van der Waals surface area contributed by atoms with Crippen molar-refractivity contribution < 1.29 is 28.0 Å². The van der Waals surface area contributed by atoms with Crippen molar-refractivity contribution in [2.75, 3.05) is 0 Å². The molecule has 0 radical (unpaired) electrons. The van der Waals surface area contributed by atoms with Crippen LogP contribution in [0, 0.1) is 10.2 Å². The van der Waals surface area contributed by atoms with Crippen LogP contribution in [0.4, 0.5) is 0 Å². The number of hydrogen-bond donors (Lipinski definition) is 0. The third-order valence-corrected chi connectivity index (χ3v) is 6.90. The summed E-state index contributed by atoms with van der Waals surface area (Å²) in [5.74, 6) is 0. The normalized spacial score (nSPS) is 20.1. The van der Waals surface area contributed by atoms with Crippen LogP contribution in [0.5, 0.6) is 0 Å². The zero-order chi connectivity index (χ0) is 13.2. The van der Waals surface area contributed by atoms with Crippen molar-refractivity contribution in [3.8, 4) is 0 Å². The van der Waals surface area contributed by atoms with Crippen molar-refractivity contribution in [2.24, 2.45) is 0 Å². The topological polar surface area (TPSA) is 78.4 Å². The number of halogens is 1. The van der Waals surface area contributed by atoms with Crippen LogP contribution in [0.25, 0.3) is 4.91 Å². The summed E-state index contributed by atoms with van der Waals surface area (Å²) in [6, 6.07) is 9.58. The molecule has 0 spiro atoms. The van der Waals surface area contributed by atoms with Gasteiger partial charge in [-0.05, 0) is 28.9 Å². The Morgan fingerprint density at radius 3 is 2.44 bits per heavy atom. The van der Waals surface area contributed by atoms with Gasteiger partial charge in [-0.15, -0.1) is 0 Å². The fourth-order valence-corrected chi connectivity index (χ4v) is 6.17. The zero-order valence-corrected chi connectivity index (χ0v) is 11.9. The molecule has 7 heteroatoms. The Labute approximate surface area is 114 Å². The maximum atomic E-state index is 10.6. The molecular formula is C11H11ClO4S2. The fraction of sp³-hybridized carbons (Fsp3) is 0.182. The van der Waals surface area contributed by atoms with Gasteiger partial charge in [-0.1, -0.05) is 37.3 Å². The van der Waals surface area contributed by atoms with Gasteiger partial charge < -0.3 is 0 Å². The number of rotatable bonds is 4. The molecule has 0 aliphatic carbocycles. The van der Waals surface area contributed by atoms with Gasteiger partial charge in [-0.25, -0.2) is 0 Å². The first-order chi connectivity index (χ1) is 8.49. The molecule has 98 valence electrons. The first kappa shape index (κ1) is 14.1. The van der Waals surface area contributed by atoms with Crippen LogP contribution in [0.3, 0.4) is 0 Å². The molecule has 1 aromatic rings. The minimum atomic E-state index is -4.39. The Hall–Kier alpha value is -0.340. The van der Waals surface area contributed by atoms with E-state index < -0.39 is 20.0 Å². The first-order valence-corrected chi connectivity index (χ1v) is 8.88. The second-order valence-electron chi connectivity index (χ2n) is 3.45. The van der Waals surface area contributed by atoms with E-state index >= 15 is 0 Å². The van der Waals surface area contributed by atoms with Crippen LogP contribution in [0.2, 0.25) is 0 Å². The molecule has 0 bridgehead atoms. The number of hydrogen-bond acceptors (Lipinski definition) is 5. The smallest absolute Gasteiger partial charge is 0.175 e. The third kappa shape index (κ3) is 3.58. The van der Waals surface area contributed by atoms with Gasteiger partial charge in [-0.2, -0.15) is 14.0 Å². The summed E-state index contributed by atoms with van der Waals surface area (Å²) >= 11 is 0. The summed E-state index contributed by atoms with van der Waals surface area (Å²) in [6.07, 6.45) is 2.54. The van der Waals surface area contributed by atoms with Gasteiger partial charge in [0.15, 0.2) is 9.80 Å². The highest BCUT2D eigenvalue weighted by molar-refractivity contribution is 8.85. The van der Waals surface area contributed by atoms with Crippen LogP contribution >= 0.6 is 20.6 Å². The van der Waals surface area contributed by atoms with Crippen molar-refractivity contribution >= 4 is 30.4 Å². The second-order valence-corrected chi connectivity index (χ2v) is 7.72. The van der Waals surface area contributed by atoms with Gasteiger partial charge in [0.2, 0.25) is 0 Å². The largest absolute Gasteiger partial charge is 0.182 e.